The fourth-order valence-corrected chi connectivity index (χ4v) is 4.55. The van der Waals surface area contributed by atoms with Gasteiger partial charge in [0, 0.05) is 22.8 Å². The lowest BCUT2D eigenvalue weighted by molar-refractivity contribution is 0.417. The van der Waals surface area contributed by atoms with E-state index in [1.54, 1.807) is 17.7 Å². The summed E-state index contributed by atoms with van der Waals surface area (Å²) in [7, 11) is 0. The van der Waals surface area contributed by atoms with Crippen LogP contribution in [0.1, 0.15) is 43.9 Å². The van der Waals surface area contributed by atoms with Gasteiger partial charge in [0.25, 0.3) is 0 Å². The van der Waals surface area contributed by atoms with E-state index >= 15 is 0 Å². The SMILES string of the molecule is CCc1cc2c(N(CCBr)C3CCCCC3)ncnc2s1. The maximum absolute atomic E-state index is 4.65. The molecule has 3 rings (SSSR count). The fourth-order valence-electron chi connectivity index (χ4n) is 3.24. The molecule has 0 N–H and O–H groups in total. The quantitative estimate of drug-likeness (QED) is 0.711. The highest BCUT2D eigenvalue weighted by atomic mass is 79.9. The minimum Gasteiger partial charge on any atom is -0.352 e. The molecular formula is C16H22BrN3S. The zero-order valence-corrected chi connectivity index (χ0v) is 14.9. The van der Waals surface area contributed by atoms with Crippen LogP contribution < -0.4 is 4.90 Å². The van der Waals surface area contributed by atoms with Gasteiger partial charge in [-0.1, -0.05) is 42.1 Å². The van der Waals surface area contributed by atoms with Crippen molar-refractivity contribution >= 4 is 43.3 Å². The van der Waals surface area contributed by atoms with E-state index in [-0.39, 0.29) is 0 Å². The number of hydrogen-bond acceptors (Lipinski definition) is 4. The number of thiophene rings is 1. The van der Waals surface area contributed by atoms with Crippen LogP contribution in [0.5, 0.6) is 0 Å². The molecule has 2 aromatic heterocycles. The molecule has 21 heavy (non-hydrogen) atoms. The molecule has 0 saturated heterocycles. The Labute approximate surface area is 138 Å². The lowest BCUT2D eigenvalue weighted by Crippen LogP contribution is -2.38. The van der Waals surface area contributed by atoms with Crippen LogP contribution in [0, 0.1) is 0 Å². The van der Waals surface area contributed by atoms with E-state index in [4.69, 9.17) is 0 Å². The molecule has 0 aromatic carbocycles. The number of alkyl halides is 1. The summed E-state index contributed by atoms with van der Waals surface area (Å²) >= 11 is 5.42. The highest BCUT2D eigenvalue weighted by Crippen LogP contribution is 2.34. The Morgan fingerprint density at radius 3 is 2.81 bits per heavy atom. The Bertz CT molecular complexity index is 592. The minimum atomic E-state index is 0.638. The summed E-state index contributed by atoms with van der Waals surface area (Å²) in [5, 5.41) is 2.23. The first-order chi connectivity index (χ1) is 10.3. The molecule has 2 heterocycles. The Hall–Kier alpha value is -0.680. The number of anilines is 1. The molecule has 0 radical (unpaired) electrons. The molecule has 1 aliphatic carbocycles. The van der Waals surface area contributed by atoms with Gasteiger partial charge in [-0.05, 0) is 25.3 Å². The van der Waals surface area contributed by atoms with Crippen molar-refractivity contribution in [3.8, 4) is 0 Å². The normalized spacial score (nSPS) is 16.5. The Kier molecular flexibility index (Phi) is 5.11. The summed E-state index contributed by atoms with van der Waals surface area (Å²) < 4.78 is 0. The number of aryl methyl sites for hydroxylation is 1. The number of aromatic nitrogens is 2. The van der Waals surface area contributed by atoms with Crippen molar-refractivity contribution < 1.29 is 0 Å². The maximum Gasteiger partial charge on any atom is 0.141 e. The largest absolute Gasteiger partial charge is 0.352 e. The lowest BCUT2D eigenvalue weighted by atomic mass is 9.94. The number of nitrogens with zero attached hydrogens (tertiary/aromatic N) is 3. The summed E-state index contributed by atoms with van der Waals surface area (Å²) in [5.41, 5.74) is 0. The van der Waals surface area contributed by atoms with Gasteiger partial charge < -0.3 is 4.90 Å². The average Bonchev–Trinajstić information content (AvgIpc) is 2.97. The number of hydrogen-bond donors (Lipinski definition) is 0. The van der Waals surface area contributed by atoms with Crippen molar-refractivity contribution in [1.82, 2.24) is 9.97 Å². The third-order valence-electron chi connectivity index (χ3n) is 4.32. The van der Waals surface area contributed by atoms with Crippen molar-refractivity contribution in [2.75, 3.05) is 16.8 Å². The second-order valence-corrected chi connectivity index (χ2v) is 7.56. The third-order valence-corrected chi connectivity index (χ3v) is 5.86. The first kappa shape index (κ1) is 15.2. The number of rotatable bonds is 5. The molecule has 0 bridgehead atoms. The molecule has 0 spiro atoms. The van der Waals surface area contributed by atoms with E-state index < -0.39 is 0 Å². The molecule has 5 heteroatoms. The van der Waals surface area contributed by atoms with Crippen molar-refractivity contribution in [2.45, 2.75) is 51.5 Å². The van der Waals surface area contributed by atoms with Crippen molar-refractivity contribution in [2.24, 2.45) is 0 Å². The van der Waals surface area contributed by atoms with Gasteiger partial charge >= 0.3 is 0 Å². The Balaban J connectivity index is 1.99. The van der Waals surface area contributed by atoms with Crippen LogP contribution in [0.15, 0.2) is 12.4 Å². The van der Waals surface area contributed by atoms with Gasteiger partial charge in [-0.2, -0.15) is 0 Å². The molecule has 2 aromatic rings. The molecule has 1 saturated carbocycles. The Morgan fingerprint density at radius 2 is 2.10 bits per heavy atom. The first-order valence-corrected chi connectivity index (χ1v) is 9.83. The van der Waals surface area contributed by atoms with E-state index in [2.05, 4.69) is 43.8 Å². The minimum absolute atomic E-state index is 0.638. The number of halogens is 1. The predicted octanol–water partition coefficient (Wildman–Crippen LogP) is 4.79. The molecule has 1 aliphatic rings. The van der Waals surface area contributed by atoms with Gasteiger partial charge in [-0.3, -0.25) is 0 Å². The molecule has 0 atom stereocenters. The second-order valence-electron chi connectivity index (χ2n) is 5.66. The fraction of sp³-hybridized carbons (Fsp3) is 0.625. The van der Waals surface area contributed by atoms with Gasteiger partial charge in [0.2, 0.25) is 0 Å². The monoisotopic (exact) mass is 367 g/mol. The van der Waals surface area contributed by atoms with E-state index in [9.17, 15) is 0 Å². The standard InChI is InChI=1S/C16H22BrN3S/c1-2-13-10-14-15(18-11-19-16(14)21-13)20(9-8-17)12-6-4-3-5-7-12/h10-12H,2-9H2,1H3. The molecule has 3 nitrogen and oxygen atoms in total. The van der Waals surface area contributed by atoms with Crippen molar-refractivity contribution in [3.63, 3.8) is 0 Å². The van der Waals surface area contributed by atoms with E-state index in [1.165, 1.54) is 42.4 Å². The molecule has 0 aliphatic heterocycles. The topological polar surface area (TPSA) is 29.0 Å². The van der Waals surface area contributed by atoms with E-state index in [1.807, 2.05) is 0 Å². The summed E-state index contributed by atoms with van der Waals surface area (Å²) in [6.45, 7) is 3.23. The van der Waals surface area contributed by atoms with Gasteiger partial charge in [-0.15, -0.1) is 11.3 Å². The summed E-state index contributed by atoms with van der Waals surface area (Å²) in [6.07, 6.45) is 9.48. The zero-order chi connectivity index (χ0) is 14.7. The summed E-state index contributed by atoms with van der Waals surface area (Å²) in [6, 6.07) is 2.93. The molecule has 114 valence electrons. The average molecular weight is 368 g/mol. The summed E-state index contributed by atoms with van der Waals surface area (Å²) in [5.74, 6) is 1.14. The van der Waals surface area contributed by atoms with Gasteiger partial charge in [0.1, 0.15) is 17.0 Å². The van der Waals surface area contributed by atoms with Crippen LogP contribution in [-0.2, 0) is 6.42 Å². The van der Waals surface area contributed by atoms with Crippen LogP contribution in [0.3, 0.4) is 0 Å². The van der Waals surface area contributed by atoms with Gasteiger partial charge in [0.15, 0.2) is 0 Å². The third kappa shape index (κ3) is 3.24. The molecule has 0 unspecified atom stereocenters. The summed E-state index contributed by atoms with van der Waals surface area (Å²) in [4.78, 5) is 14.2. The molecule has 1 fully saturated rings. The van der Waals surface area contributed by atoms with Gasteiger partial charge in [0.05, 0.1) is 5.39 Å². The highest BCUT2D eigenvalue weighted by molar-refractivity contribution is 9.09. The molecule has 0 amide bonds. The second kappa shape index (κ2) is 7.05. The predicted molar refractivity (Wildman–Crippen MR) is 94.8 cm³/mol. The highest BCUT2D eigenvalue weighted by Gasteiger charge is 2.24. The molecular weight excluding hydrogens is 346 g/mol. The first-order valence-electron chi connectivity index (χ1n) is 7.89. The van der Waals surface area contributed by atoms with Crippen LogP contribution >= 0.6 is 27.3 Å². The van der Waals surface area contributed by atoms with E-state index in [0.717, 1.165) is 28.9 Å². The van der Waals surface area contributed by atoms with Crippen molar-refractivity contribution in [3.05, 3.63) is 17.3 Å². The van der Waals surface area contributed by atoms with E-state index in [0.29, 0.717) is 6.04 Å². The zero-order valence-electron chi connectivity index (χ0n) is 12.5. The van der Waals surface area contributed by atoms with Crippen LogP contribution in [-0.4, -0.2) is 27.9 Å². The van der Waals surface area contributed by atoms with Crippen LogP contribution in [0.2, 0.25) is 0 Å². The Morgan fingerprint density at radius 1 is 1.29 bits per heavy atom. The maximum atomic E-state index is 4.65. The van der Waals surface area contributed by atoms with Gasteiger partial charge in [-0.25, -0.2) is 9.97 Å². The van der Waals surface area contributed by atoms with Crippen molar-refractivity contribution in [1.29, 1.82) is 0 Å². The smallest absolute Gasteiger partial charge is 0.141 e. The van der Waals surface area contributed by atoms with Crippen LogP contribution in [0.25, 0.3) is 10.2 Å². The lowest BCUT2D eigenvalue weighted by Gasteiger charge is -2.35. The van der Waals surface area contributed by atoms with Crippen LogP contribution in [0.4, 0.5) is 5.82 Å². The number of fused-ring (bicyclic) bond motifs is 1.